The molecule has 1 fully saturated rings. The second-order valence-electron chi connectivity index (χ2n) is 4.45. The van der Waals surface area contributed by atoms with Crippen LogP contribution in [0.2, 0.25) is 0 Å². The Balaban J connectivity index is 1.73. The van der Waals surface area contributed by atoms with E-state index in [4.69, 9.17) is 9.47 Å². The summed E-state index contributed by atoms with van der Waals surface area (Å²) >= 11 is 0. The first-order chi connectivity index (χ1) is 10.3. The van der Waals surface area contributed by atoms with Crippen LogP contribution in [0, 0.1) is 0 Å². The summed E-state index contributed by atoms with van der Waals surface area (Å²) in [6, 6.07) is 0. The number of nitrogens with one attached hydrogen (secondary N) is 2. The largest absolute Gasteiger partial charge is 0.376 e. The van der Waals surface area contributed by atoms with E-state index in [2.05, 4.69) is 30.6 Å². The van der Waals surface area contributed by atoms with Crippen molar-refractivity contribution < 1.29 is 9.47 Å². The van der Waals surface area contributed by atoms with Crippen molar-refractivity contribution in [2.45, 2.75) is 6.10 Å². The Labute approximate surface area is 121 Å². The molecule has 2 aromatic rings. The molecule has 0 radical (unpaired) electrons. The highest BCUT2D eigenvalue weighted by molar-refractivity contribution is 5.37. The summed E-state index contributed by atoms with van der Waals surface area (Å²) in [4.78, 5) is 16.9. The smallest absolute Gasteiger partial charge is 0.241 e. The van der Waals surface area contributed by atoms with Crippen molar-refractivity contribution in [3.63, 3.8) is 0 Å². The summed E-state index contributed by atoms with van der Waals surface area (Å²) in [5.41, 5.74) is 0. The third-order valence-corrected chi connectivity index (χ3v) is 2.96. The highest BCUT2D eigenvalue weighted by Gasteiger charge is 2.15. The Hall–Kier alpha value is -2.26. The van der Waals surface area contributed by atoms with E-state index in [9.17, 15) is 0 Å². The van der Waals surface area contributed by atoms with Crippen LogP contribution < -0.4 is 10.6 Å². The van der Waals surface area contributed by atoms with Gasteiger partial charge in [0.1, 0.15) is 6.33 Å². The summed E-state index contributed by atoms with van der Waals surface area (Å²) < 4.78 is 12.6. The molecule has 1 atom stereocenters. The predicted octanol–water partition coefficient (Wildman–Crippen LogP) is -0.0737. The molecule has 1 aliphatic heterocycles. The molecule has 0 spiro atoms. The first-order valence-electron chi connectivity index (χ1n) is 6.70. The second kappa shape index (κ2) is 6.46. The minimum Gasteiger partial charge on any atom is -0.376 e. The molecule has 1 aliphatic rings. The molecule has 3 heterocycles. The zero-order valence-corrected chi connectivity index (χ0v) is 11.7. The molecule has 0 aromatic carbocycles. The average Bonchev–Trinajstić information content (AvgIpc) is 3.08. The highest BCUT2D eigenvalue weighted by atomic mass is 16.6. The van der Waals surface area contributed by atoms with Gasteiger partial charge in [-0.05, 0) is 0 Å². The van der Waals surface area contributed by atoms with Gasteiger partial charge in [0.25, 0.3) is 0 Å². The van der Waals surface area contributed by atoms with E-state index in [1.807, 2.05) is 0 Å². The van der Waals surface area contributed by atoms with Gasteiger partial charge in [-0.25, -0.2) is 4.98 Å². The van der Waals surface area contributed by atoms with Gasteiger partial charge in [-0.1, -0.05) is 0 Å². The molecule has 0 aliphatic carbocycles. The molecular weight excluding hydrogens is 274 g/mol. The van der Waals surface area contributed by atoms with E-state index < -0.39 is 0 Å². The zero-order chi connectivity index (χ0) is 14.5. The number of imidazole rings is 1. The molecule has 9 heteroatoms. The van der Waals surface area contributed by atoms with Gasteiger partial charge in [0.05, 0.1) is 25.9 Å². The van der Waals surface area contributed by atoms with E-state index in [-0.39, 0.29) is 6.10 Å². The maximum atomic E-state index is 5.57. The first-order valence-corrected chi connectivity index (χ1v) is 6.70. The van der Waals surface area contributed by atoms with E-state index in [0.29, 0.717) is 44.2 Å². The molecule has 1 saturated heterocycles. The molecule has 0 saturated carbocycles. The lowest BCUT2D eigenvalue weighted by Gasteiger charge is -2.23. The van der Waals surface area contributed by atoms with Crippen LogP contribution in [0.15, 0.2) is 18.7 Å². The van der Waals surface area contributed by atoms with Gasteiger partial charge in [-0.3, -0.25) is 4.57 Å². The maximum Gasteiger partial charge on any atom is 0.241 e. The minimum atomic E-state index is 0.00486. The summed E-state index contributed by atoms with van der Waals surface area (Å²) in [6.45, 7) is 2.42. The highest BCUT2D eigenvalue weighted by Crippen LogP contribution is 2.09. The minimum absolute atomic E-state index is 0.00486. The maximum absolute atomic E-state index is 5.57. The molecule has 2 aromatic heterocycles. The number of aromatic nitrogens is 5. The lowest BCUT2D eigenvalue weighted by Crippen LogP contribution is -2.34. The molecule has 21 heavy (non-hydrogen) atoms. The van der Waals surface area contributed by atoms with Gasteiger partial charge in [0, 0.05) is 26.0 Å². The van der Waals surface area contributed by atoms with E-state index in [1.54, 1.807) is 30.3 Å². The Kier molecular flexibility index (Phi) is 4.22. The lowest BCUT2D eigenvalue weighted by molar-refractivity contribution is -0.0819. The van der Waals surface area contributed by atoms with Crippen LogP contribution >= 0.6 is 0 Å². The van der Waals surface area contributed by atoms with Crippen molar-refractivity contribution in [2.24, 2.45) is 0 Å². The van der Waals surface area contributed by atoms with Crippen molar-refractivity contribution in [3.8, 4) is 5.95 Å². The summed E-state index contributed by atoms with van der Waals surface area (Å²) in [5.74, 6) is 1.46. The molecule has 1 unspecified atom stereocenters. The van der Waals surface area contributed by atoms with Crippen molar-refractivity contribution in [1.29, 1.82) is 0 Å². The fraction of sp³-hybridized carbons (Fsp3) is 0.500. The SMILES string of the molecule is CNc1nc(NCC2COCCO2)nc(-n2ccnc2)n1. The summed E-state index contributed by atoms with van der Waals surface area (Å²) in [6.07, 6.45) is 5.08. The average molecular weight is 291 g/mol. The monoisotopic (exact) mass is 291 g/mol. The van der Waals surface area contributed by atoms with E-state index in [1.165, 1.54) is 0 Å². The number of hydrogen-bond acceptors (Lipinski definition) is 8. The Morgan fingerprint density at radius 2 is 2.19 bits per heavy atom. The number of nitrogens with zero attached hydrogens (tertiary/aromatic N) is 5. The Bertz CT molecular complexity index is 569. The third-order valence-electron chi connectivity index (χ3n) is 2.96. The first kappa shape index (κ1) is 13.7. The molecule has 0 amide bonds. The number of rotatable bonds is 5. The van der Waals surface area contributed by atoms with Gasteiger partial charge in [-0.2, -0.15) is 15.0 Å². The standard InChI is InChI=1S/C12H17N7O2/c1-13-10-16-11(15-6-9-7-20-4-5-21-9)18-12(17-10)19-3-2-14-8-19/h2-3,8-9H,4-7H2,1H3,(H2,13,15,16,17,18). The van der Waals surface area contributed by atoms with Gasteiger partial charge >= 0.3 is 0 Å². The van der Waals surface area contributed by atoms with Crippen LogP contribution in [0.4, 0.5) is 11.9 Å². The quantitative estimate of drug-likeness (QED) is 0.789. The third kappa shape index (κ3) is 3.44. The van der Waals surface area contributed by atoms with E-state index in [0.717, 1.165) is 0 Å². The number of anilines is 2. The van der Waals surface area contributed by atoms with Crippen molar-refractivity contribution in [3.05, 3.63) is 18.7 Å². The van der Waals surface area contributed by atoms with Crippen LogP contribution in [0.1, 0.15) is 0 Å². The number of hydrogen-bond donors (Lipinski definition) is 2. The Morgan fingerprint density at radius 3 is 2.90 bits per heavy atom. The number of ether oxygens (including phenoxy) is 2. The van der Waals surface area contributed by atoms with Crippen LogP contribution in [0.3, 0.4) is 0 Å². The molecule has 2 N–H and O–H groups in total. The normalized spacial score (nSPS) is 18.4. The van der Waals surface area contributed by atoms with Gasteiger partial charge < -0.3 is 20.1 Å². The van der Waals surface area contributed by atoms with E-state index >= 15 is 0 Å². The van der Waals surface area contributed by atoms with Gasteiger partial charge in [0.2, 0.25) is 17.8 Å². The molecule has 9 nitrogen and oxygen atoms in total. The summed E-state index contributed by atoms with van der Waals surface area (Å²) in [5, 5.41) is 6.07. The molecule has 3 rings (SSSR count). The molecule has 112 valence electrons. The fourth-order valence-corrected chi connectivity index (χ4v) is 1.91. The second-order valence-corrected chi connectivity index (χ2v) is 4.45. The zero-order valence-electron chi connectivity index (χ0n) is 11.7. The van der Waals surface area contributed by atoms with Crippen LogP contribution in [-0.2, 0) is 9.47 Å². The Morgan fingerprint density at radius 1 is 1.29 bits per heavy atom. The topological polar surface area (TPSA) is 99.0 Å². The van der Waals surface area contributed by atoms with Gasteiger partial charge in [-0.15, -0.1) is 0 Å². The van der Waals surface area contributed by atoms with Crippen LogP contribution in [0.5, 0.6) is 0 Å². The van der Waals surface area contributed by atoms with Crippen molar-refractivity contribution in [2.75, 3.05) is 44.0 Å². The van der Waals surface area contributed by atoms with Crippen molar-refractivity contribution in [1.82, 2.24) is 24.5 Å². The summed E-state index contributed by atoms with van der Waals surface area (Å²) in [7, 11) is 1.76. The van der Waals surface area contributed by atoms with Crippen molar-refractivity contribution >= 4 is 11.9 Å². The lowest BCUT2D eigenvalue weighted by atomic mass is 10.3. The predicted molar refractivity (Wildman–Crippen MR) is 75.5 cm³/mol. The molecule has 0 bridgehead atoms. The fourth-order valence-electron chi connectivity index (χ4n) is 1.91. The van der Waals surface area contributed by atoms with Crippen LogP contribution in [-0.4, -0.2) is 64.0 Å². The van der Waals surface area contributed by atoms with Crippen LogP contribution in [0.25, 0.3) is 5.95 Å². The van der Waals surface area contributed by atoms with Gasteiger partial charge in [0.15, 0.2) is 0 Å². The molecular formula is C12H17N7O2.